The summed E-state index contributed by atoms with van der Waals surface area (Å²) >= 11 is 0. The molecule has 4 heteroatoms. The van der Waals surface area contributed by atoms with Gasteiger partial charge in [0.2, 0.25) is 0 Å². The maximum Gasteiger partial charge on any atom is 0.303 e. The Morgan fingerprint density at radius 1 is 1.39 bits per heavy atom. The summed E-state index contributed by atoms with van der Waals surface area (Å²) in [6, 6.07) is 0. The molecule has 0 aromatic carbocycles. The molecule has 0 bridgehead atoms. The lowest BCUT2D eigenvalue weighted by Gasteiger charge is -2.26. The fourth-order valence-corrected chi connectivity index (χ4v) is 2.23. The van der Waals surface area contributed by atoms with E-state index in [9.17, 15) is 4.79 Å². The van der Waals surface area contributed by atoms with E-state index in [-0.39, 0.29) is 11.8 Å². The molecule has 1 fully saturated rings. The Morgan fingerprint density at radius 2 is 2.17 bits per heavy atom. The summed E-state index contributed by atoms with van der Waals surface area (Å²) in [5.41, 5.74) is 0.0960. The number of carboxylic acids is 1. The Balaban J connectivity index is 2.06. The van der Waals surface area contributed by atoms with Gasteiger partial charge < -0.3 is 15.2 Å². The van der Waals surface area contributed by atoms with Crippen LogP contribution in [-0.4, -0.2) is 36.9 Å². The lowest BCUT2D eigenvalue weighted by Crippen LogP contribution is -2.33. The molecule has 2 N–H and O–H groups in total. The molecular formula is C14H27NO3. The van der Waals surface area contributed by atoms with E-state index < -0.39 is 5.97 Å². The topological polar surface area (TPSA) is 58.6 Å². The zero-order valence-electron chi connectivity index (χ0n) is 11.7. The van der Waals surface area contributed by atoms with Crippen molar-refractivity contribution in [3.63, 3.8) is 0 Å². The summed E-state index contributed by atoms with van der Waals surface area (Å²) in [5, 5.41) is 12.1. The molecule has 1 heterocycles. The van der Waals surface area contributed by atoms with Crippen molar-refractivity contribution in [2.24, 2.45) is 5.41 Å². The highest BCUT2D eigenvalue weighted by Gasteiger charge is 2.19. The molecule has 0 amide bonds. The molecule has 0 spiro atoms. The first-order valence-electron chi connectivity index (χ1n) is 7.04. The van der Waals surface area contributed by atoms with E-state index in [1.807, 2.05) is 0 Å². The monoisotopic (exact) mass is 257 g/mol. The van der Waals surface area contributed by atoms with Gasteiger partial charge in [-0.3, -0.25) is 4.79 Å². The SMILES string of the molecule is CC(C)(CCNCC1CCCCO1)CCC(=O)O. The lowest BCUT2D eigenvalue weighted by atomic mass is 9.84. The third kappa shape index (κ3) is 6.97. The Morgan fingerprint density at radius 3 is 2.78 bits per heavy atom. The van der Waals surface area contributed by atoms with E-state index in [0.29, 0.717) is 6.10 Å². The van der Waals surface area contributed by atoms with Gasteiger partial charge in [0, 0.05) is 19.6 Å². The predicted molar refractivity (Wildman–Crippen MR) is 71.7 cm³/mol. The molecule has 0 aliphatic carbocycles. The number of carboxylic acid groups (broad SMARTS) is 1. The van der Waals surface area contributed by atoms with Crippen LogP contribution in [0.5, 0.6) is 0 Å². The number of hydrogen-bond donors (Lipinski definition) is 2. The Bertz CT molecular complexity index is 247. The Hall–Kier alpha value is -0.610. The van der Waals surface area contributed by atoms with Crippen LogP contribution in [0.1, 0.15) is 52.4 Å². The molecule has 0 aromatic heterocycles. The van der Waals surface area contributed by atoms with Gasteiger partial charge in [0.25, 0.3) is 0 Å². The number of aliphatic carboxylic acids is 1. The second-order valence-corrected chi connectivity index (χ2v) is 6.00. The Kier molecular flexibility index (Phi) is 6.65. The van der Waals surface area contributed by atoms with Gasteiger partial charge in [-0.15, -0.1) is 0 Å². The van der Waals surface area contributed by atoms with Crippen molar-refractivity contribution in [2.45, 2.75) is 58.5 Å². The van der Waals surface area contributed by atoms with Crippen LogP contribution in [0.2, 0.25) is 0 Å². The first-order chi connectivity index (χ1) is 8.49. The molecule has 1 aliphatic heterocycles. The molecule has 1 rings (SSSR count). The molecule has 1 atom stereocenters. The standard InChI is InChI=1S/C14H27NO3/c1-14(2,7-6-13(16)17)8-9-15-11-12-5-3-4-10-18-12/h12,15H,3-11H2,1-2H3,(H,16,17). The number of ether oxygens (including phenoxy) is 1. The van der Waals surface area contributed by atoms with Crippen molar-refractivity contribution in [3.05, 3.63) is 0 Å². The van der Waals surface area contributed by atoms with Crippen LogP contribution in [0.15, 0.2) is 0 Å². The highest BCUT2D eigenvalue weighted by atomic mass is 16.5. The van der Waals surface area contributed by atoms with Crippen LogP contribution in [0, 0.1) is 5.41 Å². The minimum Gasteiger partial charge on any atom is -0.481 e. The zero-order chi connectivity index (χ0) is 13.4. The maximum atomic E-state index is 10.6. The van der Waals surface area contributed by atoms with Crippen LogP contribution >= 0.6 is 0 Å². The maximum absolute atomic E-state index is 10.6. The molecule has 106 valence electrons. The van der Waals surface area contributed by atoms with Crippen LogP contribution < -0.4 is 5.32 Å². The van der Waals surface area contributed by atoms with Gasteiger partial charge >= 0.3 is 5.97 Å². The first kappa shape index (κ1) is 15.4. The van der Waals surface area contributed by atoms with Crippen LogP contribution in [-0.2, 0) is 9.53 Å². The molecule has 18 heavy (non-hydrogen) atoms. The quantitative estimate of drug-likeness (QED) is 0.656. The average molecular weight is 257 g/mol. The smallest absolute Gasteiger partial charge is 0.303 e. The lowest BCUT2D eigenvalue weighted by molar-refractivity contribution is -0.137. The van der Waals surface area contributed by atoms with Crippen molar-refractivity contribution in [1.29, 1.82) is 0 Å². The van der Waals surface area contributed by atoms with Gasteiger partial charge in [-0.05, 0) is 44.1 Å². The van der Waals surface area contributed by atoms with Crippen molar-refractivity contribution in [2.75, 3.05) is 19.7 Å². The summed E-state index contributed by atoms with van der Waals surface area (Å²) in [6.45, 7) is 7.03. The summed E-state index contributed by atoms with van der Waals surface area (Å²) < 4.78 is 5.65. The van der Waals surface area contributed by atoms with Crippen LogP contribution in [0.4, 0.5) is 0 Å². The largest absolute Gasteiger partial charge is 0.481 e. The minimum absolute atomic E-state index is 0.0960. The molecule has 0 saturated carbocycles. The van der Waals surface area contributed by atoms with Crippen LogP contribution in [0.3, 0.4) is 0 Å². The van der Waals surface area contributed by atoms with Gasteiger partial charge in [0.15, 0.2) is 0 Å². The Labute approximate surface area is 110 Å². The van der Waals surface area contributed by atoms with E-state index in [1.165, 1.54) is 12.8 Å². The van der Waals surface area contributed by atoms with E-state index in [0.717, 1.165) is 39.0 Å². The molecule has 1 saturated heterocycles. The fourth-order valence-electron chi connectivity index (χ4n) is 2.23. The molecular weight excluding hydrogens is 230 g/mol. The second-order valence-electron chi connectivity index (χ2n) is 6.00. The van der Waals surface area contributed by atoms with Crippen LogP contribution in [0.25, 0.3) is 0 Å². The van der Waals surface area contributed by atoms with Crippen molar-refractivity contribution in [3.8, 4) is 0 Å². The second kappa shape index (κ2) is 7.74. The normalized spacial score (nSPS) is 20.9. The van der Waals surface area contributed by atoms with E-state index in [2.05, 4.69) is 19.2 Å². The van der Waals surface area contributed by atoms with E-state index in [4.69, 9.17) is 9.84 Å². The summed E-state index contributed by atoms with van der Waals surface area (Å²) in [4.78, 5) is 10.6. The van der Waals surface area contributed by atoms with Gasteiger partial charge in [-0.2, -0.15) is 0 Å². The van der Waals surface area contributed by atoms with E-state index in [1.54, 1.807) is 0 Å². The summed E-state index contributed by atoms with van der Waals surface area (Å²) in [7, 11) is 0. The minimum atomic E-state index is -0.702. The van der Waals surface area contributed by atoms with Crippen molar-refractivity contribution < 1.29 is 14.6 Å². The highest BCUT2D eigenvalue weighted by Crippen LogP contribution is 2.26. The number of rotatable bonds is 8. The van der Waals surface area contributed by atoms with Gasteiger partial charge in [-0.25, -0.2) is 0 Å². The molecule has 1 unspecified atom stereocenters. The number of hydrogen-bond acceptors (Lipinski definition) is 3. The molecule has 0 aromatic rings. The molecule has 1 aliphatic rings. The van der Waals surface area contributed by atoms with E-state index >= 15 is 0 Å². The van der Waals surface area contributed by atoms with Gasteiger partial charge in [0.05, 0.1) is 6.10 Å². The number of nitrogens with one attached hydrogen (secondary N) is 1. The summed E-state index contributed by atoms with van der Waals surface area (Å²) in [6.07, 6.45) is 6.01. The predicted octanol–water partition coefficient (Wildman–Crippen LogP) is 2.43. The third-order valence-corrected chi connectivity index (χ3v) is 3.64. The van der Waals surface area contributed by atoms with Gasteiger partial charge in [0.1, 0.15) is 0 Å². The highest BCUT2D eigenvalue weighted by molar-refractivity contribution is 5.66. The average Bonchev–Trinajstić information content (AvgIpc) is 2.34. The zero-order valence-corrected chi connectivity index (χ0v) is 11.7. The fraction of sp³-hybridized carbons (Fsp3) is 0.929. The van der Waals surface area contributed by atoms with Gasteiger partial charge in [-0.1, -0.05) is 13.8 Å². The first-order valence-corrected chi connectivity index (χ1v) is 7.04. The van der Waals surface area contributed by atoms with Crippen molar-refractivity contribution in [1.82, 2.24) is 5.32 Å². The number of carbonyl (C=O) groups is 1. The molecule has 4 nitrogen and oxygen atoms in total. The molecule has 0 radical (unpaired) electrons. The summed E-state index contributed by atoms with van der Waals surface area (Å²) in [5.74, 6) is -0.702. The third-order valence-electron chi connectivity index (χ3n) is 3.64. The van der Waals surface area contributed by atoms with Crippen molar-refractivity contribution >= 4 is 5.97 Å².